The first-order chi connectivity index (χ1) is 15.3. The minimum atomic E-state index is -0.706. The first kappa shape index (κ1) is 22.7. The van der Waals surface area contributed by atoms with Crippen LogP contribution in [0.3, 0.4) is 0 Å². The zero-order valence-corrected chi connectivity index (χ0v) is 17.9. The van der Waals surface area contributed by atoms with E-state index >= 15 is 0 Å². The van der Waals surface area contributed by atoms with E-state index in [1.54, 1.807) is 36.4 Å². The molecule has 8 heteroatoms. The molecular weight excluding hydrogens is 434 g/mol. The molecule has 0 aromatic heterocycles. The number of ether oxygens (including phenoxy) is 2. The number of hydrogen-bond donors (Lipinski definition) is 1. The molecule has 0 heterocycles. The van der Waals surface area contributed by atoms with Crippen LogP contribution in [0.15, 0.2) is 66.7 Å². The third kappa shape index (κ3) is 4.84. The predicted molar refractivity (Wildman–Crippen MR) is 118 cm³/mol. The van der Waals surface area contributed by atoms with Gasteiger partial charge in [-0.2, -0.15) is 0 Å². The fourth-order valence-corrected chi connectivity index (χ4v) is 3.13. The van der Waals surface area contributed by atoms with Crippen LogP contribution in [-0.4, -0.2) is 37.8 Å². The van der Waals surface area contributed by atoms with Gasteiger partial charge in [-0.25, -0.2) is 9.59 Å². The first-order valence-corrected chi connectivity index (χ1v) is 9.74. The molecular formula is C24H18ClNO6. The van der Waals surface area contributed by atoms with Crippen LogP contribution in [0, 0.1) is 0 Å². The number of amides is 1. The topological polar surface area (TPSA) is 98.8 Å². The molecule has 1 N–H and O–H groups in total. The molecule has 0 aliphatic carbocycles. The average Bonchev–Trinajstić information content (AvgIpc) is 2.83. The van der Waals surface area contributed by atoms with Gasteiger partial charge in [0.25, 0.3) is 5.91 Å². The Hall–Kier alpha value is -3.97. The Morgan fingerprint density at radius 2 is 1.31 bits per heavy atom. The number of hydrogen-bond acceptors (Lipinski definition) is 6. The van der Waals surface area contributed by atoms with Crippen LogP contribution in [-0.2, 0) is 9.47 Å². The number of methoxy groups -OCH3 is 2. The van der Waals surface area contributed by atoms with Crippen molar-refractivity contribution < 1.29 is 28.7 Å². The number of ketones is 1. The molecule has 3 aromatic rings. The molecule has 0 atom stereocenters. The summed E-state index contributed by atoms with van der Waals surface area (Å²) in [5.41, 5.74) is 0.815. The normalized spacial score (nSPS) is 10.2. The number of benzene rings is 3. The van der Waals surface area contributed by atoms with Gasteiger partial charge in [0.15, 0.2) is 5.78 Å². The van der Waals surface area contributed by atoms with Gasteiger partial charge in [0.2, 0.25) is 0 Å². The number of rotatable bonds is 6. The summed E-state index contributed by atoms with van der Waals surface area (Å²) in [5.74, 6) is -2.36. The maximum Gasteiger partial charge on any atom is 0.339 e. The van der Waals surface area contributed by atoms with Crippen molar-refractivity contribution in [2.24, 2.45) is 0 Å². The van der Waals surface area contributed by atoms with Gasteiger partial charge < -0.3 is 14.8 Å². The Morgan fingerprint density at radius 1 is 0.719 bits per heavy atom. The second kappa shape index (κ2) is 9.89. The average molecular weight is 452 g/mol. The Morgan fingerprint density at radius 3 is 1.94 bits per heavy atom. The molecule has 0 saturated heterocycles. The summed E-state index contributed by atoms with van der Waals surface area (Å²) < 4.78 is 9.44. The highest BCUT2D eigenvalue weighted by molar-refractivity contribution is 6.30. The van der Waals surface area contributed by atoms with Crippen LogP contribution in [0.1, 0.15) is 47.0 Å². The van der Waals surface area contributed by atoms with Crippen LogP contribution in [0.5, 0.6) is 0 Å². The molecule has 0 unspecified atom stereocenters. The minimum absolute atomic E-state index is 0.0370. The Balaban J connectivity index is 1.99. The van der Waals surface area contributed by atoms with E-state index in [2.05, 4.69) is 5.32 Å². The lowest BCUT2D eigenvalue weighted by atomic mass is 9.97. The Kier molecular flexibility index (Phi) is 7.02. The SMILES string of the molecule is COC(=O)c1ccc(C(=O)OC)c(NC(=O)c2ccccc2C(=O)c2ccc(Cl)cc2)c1. The van der Waals surface area contributed by atoms with Crippen LogP contribution in [0.2, 0.25) is 5.02 Å². The van der Waals surface area contributed by atoms with Gasteiger partial charge in [-0.05, 0) is 48.5 Å². The van der Waals surface area contributed by atoms with Gasteiger partial charge in [-0.1, -0.05) is 29.8 Å². The highest BCUT2D eigenvalue weighted by atomic mass is 35.5. The zero-order chi connectivity index (χ0) is 23.3. The number of anilines is 1. The number of carbonyl (C=O) groups excluding carboxylic acids is 4. The largest absolute Gasteiger partial charge is 0.465 e. The Labute approximate surface area is 188 Å². The van der Waals surface area contributed by atoms with Crippen molar-refractivity contribution in [3.8, 4) is 0 Å². The van der Waals surface area contributed by atoms with Gasteiger partial charge >= 0.3 is 11.9 Å². The van der Waals surface area contributed by atoms with Gasteiger partial charge in [0.05, 0.1) is 36.6 Å². The van der Waals surface area contributed by atoms with E-state index < -0.39 is 17.8 Å². The summed E-state index contributed by atoms with van der Waals surface area (Å²) in [6, 6.07) is 16.6. The van der Waals surface area contributed by atoms with Crippen molar-refractivity contribution in [3.63, 3.8) is 0 Å². The summed E-state index contributed by atoms with van der Waals surface area (Å²) in [4.78, 5) is 50.1. The van der Waals surface area contributed by atoms with E-state index in [9.17, 15) is 19.2 Å². The van der Waals surface area contributed by atoms with Crippen molar-refractivity contribution in [2.75, 3.05) is 19.5 Å². The monoisotopic (exact) mass is 451 g/mol. The second-order valence-electron chi connectivity index (χ2n) is 6.58. The molecule has 0 aliphatic rings. The third-order valence-electron chi connectivity index (χ3n) is 4.62. The number of halogens is 1. The first-order valence-electron chi connectivity index (χ1n) is 9.37. The van der Waals surface area contributed by atoms with Crippen LogP contribution in [0.25, 0.3) is 0 Å². The molecule has 162 valence electrons. The smallest absolute Gasteiger partial charge is 0.339 e. The number of carbonyl (C=O) groups is 4. The van der Waals surface area contributed by atoms with E-state index in [0.29, 0.717) is 10.6 Å². The zero-order valence-electron chi connectivity index (χ0n) is 17.2. The van der Waals surface area contributed by atoms with Crippen molar-refractivity contribution in [2.45, 2.75) is 0 Å². The molecule has 7 nitrogen and oxygen atoms in total. The minimum Gasteiger partial charge on any atom is -0.465 e. The lowest BCUT2D eigenvalue weighted by Crippen LogP contribution is -2.19. The predicted octanol–water partition coefficient (Wildman–Crippen LogP) is 4.40. The molecule has 3 rings (SSSR count). The Bertz CT molecular complexity index is 1200. The molecule has 0 fully saturated rings. The van der Waals surface area contributed by atoms with E-state index in [4.69, 9.17) is 21.1 Å². The van der Waals surface area contributed by atoms with Gasteiger partial charge in [0.1, 0.15) is 0 Å². The maximum atomic E-state index is 13.1. The summed E-state index contributed by atoms with van der Waals surface area (Å²) >= 11 is 5.89. The van der Waals surface area contributed by atoms with Gasteiger partial charge in [0, 0.05) is 16.1 Å². The fraction of sp³-hybridized carbons (Fsp3) is 0.0833. The van der Waals surface area contributed by atoms with E-state index in [1.807, 2.05) is 0 Å². The maximum absolute atomic E-state index is 13.1. The van der Waals surface area contributed by atoms with Crippen molar-refractivity contribution in [1.82, 2.24) is 0 Å². The number of esters is 2. The summed E-state index contributed by atoms with van der Waals surface area (Å²) in [6.07, 6.45) is 0. The lowest BCUT2D eigenvalue weighted by molar-refractivity contribution is 0.0587. The van der Waals surface area contributed by atoms with Crippen molar-refractivity contribution >= 4 is 40.9 Å². The molecule has 0 radical (unpaired) electrons. The van der Waals surface area contributed by atoms with Gasteiger partial charge in [-0.3, -0.25) is 9.59 Å². The van der Waals surface area contributed by atoms with Crippen molar-refractivity contribution in [1.29, 1.82) is 0 Å². The fourth-order valence-electron chi connectivity index (χ4n) is 3.01. The standard InChI is InChI=1S/C24H18ClNO6/c1-31-23(29)15-9-12-19(24(30)32-2)20(13-15)26-22(28)18-6-4-3-5-17(18)21(27)14-7-10-16(25)11-8-14/h3-13H,1-2H3,(H,26,28). The molecule has 0 saturated carbocycles. The van der Waals surface area contributed by atoms with E-state index in [1.165, 1.54) is 44.6 Å². The molecule has 0 bridgehead atoms. The highest BCUT2D eigenvalue weighted by Gasteiger charge is 2.21. The van der Waals surface area contributed by atoms with Crippen LogP contribution >= 0.6 is 11.6 Å². The van der Waals surface area contributed by atoms with Crippen LogP contribution in [0.4, 0.5) is 5.69 Å². The van der Waals surface area contributed by atoms with Crippen LogP contribution < -0.4 is 5.32 Å². The van der Waals surface area contributed by atoms with Crippen molar-refractivity contribution in [3.05, 3.63) is 99.6 Å². The molecule has 0 aliphatic heterocycles. The van der Waals surface area contributed by atoms with E-state index in [0.717, 1.165) is 0 Å². The molecule has 32 heavy (non-hydrogen) atoms. The highest BCUT2D eigenvalue weighted by Crippen LogP contribution is 2.23. The van der Waals surface area contributed by atoms with E-state index in [-0.39, 0.29) is 33.7 Å². The molecule has 0 spiro atoms. The van der Waals surface area contributed by atoms with Gasteiger partial charge in [-0.15, -0.1) is 0 Å². The lowest BCUT2D eigenvalue weighted by Gasteiger charge is -2.13. The third-order valence-corrected chi connectivity index (χ3v) is 4.87. The summed E-state index contributed by atoms with van der Waals surface area (Å²) in [5, 5.41) is 3.08. The molecule has 3 aromatic carbocycles. The molecule has 1 amide bonds. The number of nitrogens with one attached hydrogen (secondary N) is 1. The summed E-state index contributed by atoms with van der Waals surface area (Å²) in [6.45, 7) is 0. The quantitative estimate of drug-likeness (QED) is 0.440. The summed E-state index contributed by atoms with van der Waals surface area (Å²) in [7, 11) is 2.41. The second-order valence-corrected chi connectivity index (χ2v) is 7.02.